The fraction of sp³-hybridized carbons (Fsp3) is 0.571. The van der Waals surface area contributed by atoms with Crippen LogP contribution in [0.15, 0.2) is 24.3 Å². The molecule has 2 aliphatic rings. The van der Waals surface area contributed by atoms with Gasteiger partial charge in [0.05, 0.1) is 17.4 Å². The molecule has 5 nitrogen and oxygen atoms in total. The zero-order valence-electron chi connectivity index (χ0n) is 11.2. The normalized spacial score (nSPS) is 27.4. The predicted octanol–water partition coefficient (Wildman–Crippen LogP) is 0.743. The van der Waals surface area contributed by atoms with E-state index in [-0.39, 0.29) is 0 Å². The maximum Gasteiger partial charge on any atom is 0.215 e. The highest BCUT2D eigenvalue weighted by Crippen LogP contribution is 2.32. The van der Waals surface area contributed by atoms with Gasteiger partial charge in [-0.2, -0.15) is 0 Å². The highest BCUT2D eigenvalue weighted by molar-refractivity contribution is 7.90. The van der Waals surface area contributed by atoms with Crippen molar-refractivity contribution in [2.24, 2.45) is 0 Å². The zero-order valence-corrected chi connectivity index (χ0v) is 12.0. The number of sulfonamides is 1. The molecule has 1 aliphatic carbocycles. The van der Waals surface area contributed by atoms with E-state index in [0.717, 1.165) is 11.1 Å². The Morgan fingerprint density at radius 3 is 2.65 bits per heavy atom. The summed E-state index contributed by atoms with van der Waals surface area (Å²) in [6, 6.07) is 7.05. The van der Waals surface area contributed by atoms with E-state index >= 15 is 0 Å². The summed E-state index contributed by atoms with van der Waals surface area (Å²) < 4.78 is 32.7. The average molecular weight is 297 g/mol. The quantitative estimate of drug-likeness (QED) is 0.863. The lowest BCUT2D eigenvalue weighted by atomic mass is 10.1. The fourth-order valence-electron chi connectivity index (χ4n) is 2.98. The molecular weight excluding hydrogens is 278 g/mol. The van der Waals surface area contributed by atoms with Gasteiger partial charge in [0.2, 0.25) is 10.0 Å². The Labute approximate surface area is 119 Å². The molecule has 3 rings (SSSR count). The molecule has 1 fully saturated rings. The second-order valence-corrected chi connectivity index (χ2v) is 7.41. The van der Waals surface area contributed by atoms with Gasteiger partial charge in [0.1, 0.15) is 0 Å². The summed E-state index contributed by atoms with van der Waals surface area (Å²) in [5.74, 6) is 0. The predicted molar refractivity (Wildman–Crippen MR) is 74.8 cm³/mol. The second kappa shape index (κ2) is 5.44. The van der Waals surface area contributed by atoms with Crippen LogP contribution in [0.4, 0.5) is 0 Å². The van der Waals surface area contributed by atoms with Gasteiger partial charge < -0.3 is 9.84 Å². The van der Waals surface area contributed by atoms with E-state index in [1.54, 1.807) is 0 Å². The van der Waals surface area contributed by atoms with Crippen molar-refractivity contribution in [2.45, 2.75) is 36.7 Å². The summed E-state index contributed by atoms with van der Waals surface area (Å²) in [6.45, 7) is 0.963. The Morgan fingerprint density at radius 1 is 1.20 bits per heavy atom. The second-order valence-electron chi connectivity index (χ2n) is 5.42. The van der Waals surface area contributed by atoms with Gasteiger partial charge in [0.15, 0.2) is 0 Å². The largest absolute Gasteiger partial charge is 0.391 e. The number of rotatable bonds is 3. The van der Waals surface area contributed by atoms with Crippen LogP contribution >= 0.6 is 0 Å². The lowest BCUT2D eigenvalue weighted by Crippen LogP contribution is -2.42. The first-order chi connectivity index (χ1) is 9.58. The first-order valence-electron chi connectivity index (χ1n) is 6.93. The minimum absolute atomic E-state index is 0.420. The van der Waals surface area contributed by atoms with Crippen molar-refractivity contribution in [1.82, 2.24) is 4.72 Å². The summed E-state index contributed by atoms with van der Waals surface area (Å²) in [7, 11) is -3.43. The molecule has 1 aromatic carbocycles. The summed E-state index contributed by atoms with van der Waals surface area (Å²) in [4.78, 5) is 0. The average Bonchev–Trinajstić information content (AvgIpc) is 2.76. The fourth-order valence-corrected chi connectivity index (χ4v) is 4.62. The lowest BCUT2D eigenvalue weighted by molar-refractivity contribution is 0.0976. The molecule has 0 radical (unpaired) electrons. The maximum absolute atomic E-state index is 12.4. The van der Waals surface area contributed by atoms with Gasteiger partial charge in [-0.3, -0.25) is 0 Å². The van der Waals surface area contributed by atoms with E-state index in [1.807, 2.05) is 24.3 Å². The Morgan fingerprint density at radius 2 is 1.90 bits per heavy atom. The number of aliphatic hydroxyl groups excluding tert-OH is 1. The number of hydrogen-bond donors (Lipinski definition) is 2. The Balaban J connectivity index is 1.80. The van der Waals surface area contributed by atoms with Gasteiger partial charge >= 0.3 is 0 Å². The third kappa shape index (κ3) is 2.61. The van der Waals surface area contributed by atoms with Crippen molar-refractivity contribution >= 4 is 10.0 Å². The van der Waals surface area contributed by atoms with Gasteiger partial charge in [-0.25, -0.2) is 13.1 Å². The van der Waals surface area contributed by atoms with E-state index < -0.39 is 27.4 Å². The molecule has 2 unspecified atom stereocenters. The Bertz CT molecular complexity index is 581. The molecule has 110 valence electrons. The maximum atomic E-state index is 12.4. The highest BCUT2D eigenvalue weighted by Gasteiger charge is 2.37. The molecule has 1 aliphatic heterocycles. The molecule has 20 heavy (non-hydrogen) atoms. The monoisotopic (exact) mass is 297 g/mol. The van der Waals surface area contributed by atoms with Crippen LogP contribution in [0.5, 0.6) is 0 Å². The first-order valence-corrected chi connectivity index (χ1v) is 8.47. The summed E-state index contributed by atoms with van der Waals surface area (Å²) >= 11 is 0. The Hall–Kier alpha value is -0.950. The van der Waals surface area contributed by atoms with Crippen LogP contribution in [0.2, 0.25) is 0 Å². The van der Waals surface area contributed by atoms with Crippen molar-refractivity contribution in [3.63, 3.8) is 0 Å². The van der Waals surface area contributed by atoms with E-state index in [2.05, 4.69) is 4.72 Å². The van der Waals surface area contributed by atoms with Gasteiger partial charge in [-0.15, -0.1) is 0 Å². The van der Waals surface area contributed by atoms with Crippen LogP contribution in [0, 0.1) is 0 Å². The molecule has 1 aromatic rings. The summed E-state index contributed by atoms with van der Waals surface area (Å²) in [5, 5.41) is 9.70. The van der Waals surface area contributed by atoms with Gasteiger partial charge in [-0.1, -0.05) is 24.3 Å². The minimum Gasteiger partial charge on any atom is -0.391 e. The van der Waals surface area contributed by atoms with Crippen LogP contribution in [0.25, 0.3) is 0 Å². The number of hydrogen-bond acceptors (Lipinski definition) is 4. The van der Waals surface area contributed by atoms with E-state index in [1.165, 1.54) is 0 Å². The smallest absolute Gasteiger partial charge is 0.215 e. The van der Waals surface area contributed by atoms with Crippen molar-refractivity contribution in [3.8, 4) is 0 Å². The van der Waals surface area contributed by atoms with E-state index in [9.17, 15) is 13.5 Å². The molecule has 0 saturated carbocycles. The van der Waals surface area contributed by atoms with Gasteiger partial charge in [0, 0.05) is 19.6 Å². The third-order valence-electron chi connectivity index (χ3n) is 4.10. The minimum atomic E-state index is -3.43. The zero-order chi connectivity index (χ0) is 14.2. The molecule has 1 heterocycles. The number of ether oxygens (including phenoxy) is 1. The van der Waals surface area contributed by atoms with E-state index in [4.69, 9.17) is 4.74 Å². The van der Waals surface area contributed by atoms with Crippen LogP contribution < -0.4 is 4.72 Å². The summed E-state index contributed by atoms with van der Waals surface area (Å²) in [6.07, 6.45) is 0.832. The number of benzene rings is 1. The highest BCUT2D eigenvalue weighted by atomic mass is 32.2. The van der Waals surface area contributed by atoms with Crippen LogP contribution in [0.3, 0.4) is 0 Å². The van der Waals surface area contributed by atoms with Gasteiger partial charge in [0.25, 0.3) is 0 Å². The van der Waals surface area contributed by atoms with Crippen LogP contribution in [-0.2, 0) is 21.2 Å². The third-order valence-corrected chi connectivity index (χ3v) is 6.03. The lowest BCUT2D eigenvalue weighted by Gasteiger charge is -2.25. The molecule has 1 saturated heterocycles. The van der Waals surface area contributed by atoms with Crippen molar-refractivity contribution in [1.29, 1.82) is 0 Å². The number of fused-ring (bicyclic) bond motifs is 1. The first kappa shape index (κ1) is 14.0. The number of nitrogens with one attached hydrogen (secondary N) is 1. The van der Waals surface area contributed by atoms with Crippen molar-refractivity contribution in [2.75, 3.05) is 13.2 Å². The molecule has 2 atom stereocenters. The van der Waals surface area contributed by atoms with Crippen LogP contribution in [0.1, 0.15) is 30.0 Å². The molecule has 0 bridgehead atoms. The molecule has 0 amide bonds. The molecule has 0 aromatic heterocycles. The SMILES string of the molecule is O=S(=O)(NC1c2ccccc2CC1O)C1CCOCC1. The van der Waals surface area contributed by atoms with Gasteiger partial charge in [-0.05, 0) is 24.0 Å². The molecule has 2 N–H and O–H groups in total. The summed E-state index contributed by atoms with van der Waals surface area (Å²) in [5.41, 5.74) is 1.90. The Kier molecular flexibility index (Phi) is 3.81. The molecule has 0 spiro atoms. The van der Waals surface area contributed by atoms with Crippen molar-refractivity contribution in [3.05, 3.63) is 35.4 Å². The standard InChI is InChI=1S/C14H19NO4S/c16-13-9-10-3-1-2-4-12(10)14(13)15-20(17,18)11-5-7-19-8-6-11/h1-4,11,13-16H,5-9H2. The molecular formula is C14H19NO4S. The number of aliphatic hydroxyl groups is 1. The van der Waals surface area contributed by atoms with Crippen molar-refractivity contribution < 1.29 is 18.3 Å². The van der Waals surface area contributed by atoms with Crippen LogP contribution in [-0.4, -0.2) is 38.1 Å². The molecule has 6 heteroatoms. The topological polar surface area (TPSA) is 75.6 Å². The van der Waals surface area contributed by atoms with E-state index in [0.29, 0.717) is 32.5 Å².